The summed E-state index contributed by atoms with van der Waals surface area (Å²) >= 11 is 3.45. The molecule has 204 valence electrons. The van der Waals surface area contributed by atoms with Crippen molar-refractivity contribution in [2.24, 2.45) is 10.8 Å². The molecule has 0 fully saturated rings. The minimum Gasteiger partial charge on any atom is -0.466 e. The Balaban J connectivity index is 2.38. The number of ether oxygens (including phenoxy) is 1. The van der Waals surface area contributed by atoms with E-state index in [1.807, 2.05) is 67.8 Å². The number of rotatable bonds is 8. The molecular formula is C31H39BrN2O4. The summed E-state index contributed by atoms with van der Waals surface area (Å²) in [6.07, 6.45) is 2.05. The summed E-state index contributed by atoms with van der Waals surface area (Å²) in [6, 6.07) is 11.5. The first-order chi connectivity index (χ1) is 17.6. The van der Waals surface area contributed by atoms with Crippen LogP contribution in [0.2, 0.25) is 0 Å². The first-order valence-electron chi connectivity index (χ1n) is 13.0. The Hall–Kier alpha value is -2.93. The molecule has 0 saturated heterocycles. The molecule has 1 aromatic carbocycles. The van der Waals surface area contributed by atoms with E-state index >= 15 is 0 Å². The second-order valence-electron chi connectivity index (χ2n) is 11.8. The van der Waals surface area contributed by atoms with Gasteiger partial charge in [0, 0.05) is 34.4 Å². The third-order valence-electron chi connectivity index (χ3n) is 6.81. The lowest BCUT2D eigenvalue weighted by atomic mass is 9.79. The Morgan fingerprint density at radius 3 is 2.16 bits per heavy atom. The lowest BCUT2D eigenvalue weighted by Crippen LogP contribution is -2.33. The standard InChI is InChI=1S/C31H39BrN2O4/c1-10-38-29(37)31(7,8)18-23-25(27(35)30(4,5)6)24-17-20(19(2)3)15-16-34(24)26(23)28(36)33(9)22-13-11-21(32)12-14-22/h11-17,19H,10,18H2,1-9H3. The van der Waals surface area contributed by atoms with Gasteiger partial charge in [0.25, 0.3) is 5.91 Å². The van der Waals surface area contributed by atoms with Crippen LogP contribution in [-0.4, -0.2) is 35.7 Å². The van der Waals surface area contributed by atoms with Crippen molar-refractivity contribution in [2.45, 2.75) is 67.7 Å². The topological polar surface area (TPSA) is 68.1 Å². The molecule has 38 heavy (non-hydrogen) atoms. The van der Waals surface area contributed by atoms with Crippen molar-refractivity contribution in [1.29, 1.82) is 0 Å². The van der Waals surface area contributed by atoms with Crippen molar-refractivity contribution in [3.8, 4) is 0 Å². The number of aromatic nitrogens is 1. The molecule has 2 heterocycles. The summed E-state index contributed by atoms with van der Waals surface area (Å²) in [5.41, 5.74) is 2.24. The normalized spacial score (nSPS) is 12.2. The smallest absolute Gasteiger partial charge is 0.311 e. The van der Waals surface area contributed by atoms with Crippen LogP contribution in [0.5, 0.6) is 0 Å². The van der Waals surface area contributed by atoms with Gasteiger partial charge in [-0.25, -0.2) is 0 Å². The van der Waals surface area contributed by atoms with Crippen molar-refractivity contribution in [3.63, 3.8) is 0 Å². The van der Waals surface area contributed by atoms with Crippen LogP contribution < -0.4 is 4.90 Å². The first kappa shape index (κ1) is 29.6. The number of halogens is 1. The zero-order valence-electron chi connectivity index (χ0n) is 23.9. The lowest BCUT2D eigenvalue weighted by molar-refractivity contribution is -0.153. The highest BCUT2D eigenvalue weighted by Gasteiger charge is 2.38. The number of Topliss-reactive ketones (excluding diaryl/α,β-unsaturated/α-hetero) is 1. The highest BCUT2D eigenvalue weighted by molar-refractivity contribution is 9.10. The van der Waals surface area contributed by atoms with Crippen molar-refractivity contribution < 1.29 is 19.1 Å². The number of carbonyl (C=O) groups is 3. The Morgan fingerprint density at radius 2 is 1.63 bits per heavy atom. The van der Waals surface area contributed by atoms with Gasteiger partial charge in [-0.1, -0.05) is 50.5 Å². The molecule has 2 aromatic heterocycles. The van der Waals surface area contributed by atoms with Crippen molar-refractivity contribution in [2.75, 3.05) is 18.6 Å². The van der Waals surface area contributed by atoms with Crippen LogP contribution in [0.25, 0.3) is 5.52 Å². The maximum absolute atomic E-state index is 14.2. The van der Waals surface area contributed by atoms with E-state index in [1.54, 1.807) is 32.7 Å². The number of anilines is 1. The number of carbonyl (C=O) groups excluding carboxylic acids is 3. The summed E-state index contributed by atoms with van der Waals surface area (Å²) in [7, 11) is 1.72. The quantitative estimate of drug-likeness (QED) is 0.204. The largest absolute Gasteiger partial charge is 0.466 e. The Kier molecular flexibility index (Phi) is 8.61. The van der Waals surface area contributed by atoms with E-state index in [1.165, 1.54) is 0 Å². The van der Waals surface area contributed by atoms with Gasteiger partial charge >= 0.3 is 5.97 Å². The molecule has 6 nitrogen and oxygen atoms in total. The lowest BCUT2D eigenvalue weighted by Gasteiger charge is -2.25. The molecule has 0 radical (unpaired) electrons. The molecule has 0 aliphatic heterocycles. The summed E-state index contributed by atoms with van der Waals surface area (Å²) in [6.45, 7) is 15.4. The highest BCUT2D eigenvalue weighted by atomic mass is 79.9. The van der Waals surface area contributed by atoms with Gasteiger partial charge in [0.2, 0.25) is 0 Å². The van der Waals surface area contributed by atoms with E-state index in [4.69, 9.17) is 4.74 Å². The van der Waals surface area contributed by atoms with E-state index in [-0.39, 0.29) is 36.6 Å². The molecule has 3 rings (SSSR count). The molecule has 0 atom stereocenters. The van der Waals surface area contributed by atoms with Crippen LogP contribution >= 0.6 is 15.9 Å². The molecule has 0 spiro atoms. The van der Waals surface area contributed by atoms with Gasteiger partial charge in [-0.2, -0.15) is 0 Å². The van der Waals surface area contributed by atoms with Crippen molar-refractivity contribution >= 4 is 44.8 Å². The highest BCUT2D eigenvalue weighted by Crippen LogP contribution is 2.37. The minimum absolute atomic E-state index is 0.0732. The predicted octanol–water partition coefficient (Wildman–Crippen LogP) is 7.46. The number of fused-ring (bicyclic) bond motifs is 1. The summed E-state index contributed by atoms with van der Waals surface area (Å²) < 4.78 is 8.10. The third kappa shape index (κ3) is 5.88. The van der Waals surface area contributed by atoms with Gasteiger partial charge in [-0.15, -0.1) is 0 Å². The van der Waals surface area contributed by atoms with E-state index in [0.29, 0.717) is 28.0 Å². The fourth-order valence-electron chi connectivity index (χ4n) is 4.50. The van der Waals surface area contributed by atoms with Crippen LogP contribution in [0.4, 0.5) is 5.69 Å². The SMILES string of the molecule is CCOC(=O)C(C)(C)Cc1c(C(=O)C(C)(C)C)c2cc(C(C)C)ccn2c1C(=O)N(C)c1ccc(Br)cc1. The third-order valence-corrected chi connectivity index (χ3v) is 7.34. The van der Waals surface area contributed by atoms with E-state index in [0.717, 1.165) is 10.0 Å². The van der Waals surface area contributed by atoms with Gasteiger partial charge in [0.15, 0.2) is 5.78 Å². The van der Waals surface area contributed by atoms with Gasteiger partial charge in [-0.05, 0) is 80.6 Å². The van der Waals surface area contributed by atoms with E-state index < -0.39 is 10.8 Å². The zero-order valence-corrected chi connectivity index (χ0v) is 25.5. The average molecular weight is 584 g/mol. The van der Waals surface area contributed by atoms with Crippen LogP contribution in [-0.2, 0) is 16.0 Å². The van der Waals surface area contributed by atoms with E-state index in [2.05, 4.69) is 29.8 Å². The average Bonchev–Trinajstić information content (AvgIpc) is 3.14. The maximum Gasteiger partial charge on any atom is 0.311 e. The summed E-state index contributed by atoms with van der Waals surface area (Å²) in [5.74, 6) is -0.471. The number of pyridine rings is 1. The van der Waals surface area contributed by atoms with Gasteiger partial charge < -0.3 is 14.0 Å². The van der Waals surface area contributed by atoms with Crippen LogP contribution in [0.3, 0.4) is 0 Å². The number of amides is 1. The number of hydrogen-bond donors (Lipinski definition) is 0. The molecule has 3 aromatic rings. The molecule has 0 aliphatic rings. The molecule has 0 aliphatic carbocycles. The molecule has 1 amide bonds. The van der Waals surface area contributed by atoms with Gasteiger partial charge in [-0.3, -0.25) is 14.4 Å². The second-order valence-corrected chi connectivity index (χ2v) is 12.7. The molecular weight excluding hydrogens is 544 g/mol. The molecule has 0 N–H and O–H groups in total. The number of hydrogen-bond acceptors (Lipinski definition) is 4. The minimum atomic E-state index is -0.958. The monoisotopic (exact) mass is 582 g/mol. The summed E-state index contributed by atoms with van der Waals surface area (Å²) in [5, 5.41) is 0. The summed E-state index contributed by atoms with van der Waals surface area (Å²) in [4.78, 5) is 42.8. The number of ketones is 1. The second kappa shape index (κ2) is 11.0. The fraction of sp³-hybridized carbons (Fsp3) is 0.452. The van der Waals surface area contributed by atoms with Crippen LogP contribution in [0, 0.1) is 10.8 Å². The van der Waals surface area contributed by atoms with Crippen LogP contribution in [0.1, 0.15) is 93.3 Å². The molecule has 0 unspecified atom stereocenters. The van der Waals surface area contributed by atoms with E-state index in [9.17, 15) is 14.4 Å². The zero-order chi connectivity index (χ0) is 28.6. The Labute approximate surface area is 234 Å². The molecule has 0 saturated carbocycles. The van der Waals surface area contributed by atoms with Crippen molar-refractivity contribution in [1.82, 2.24) is 4.40 Å². The number of benzene rings is 1. The number of esters is 1. The molecule has 7 heteroatoms. The number of nitrogens with zero attached hydrogens (tertiary/aromatic N) is 2. The first-order valence-corrected chi connectivity index (χ1v) is 13.8. The van der Waals surface area contributed by atoms with Gasteiger partial charge in [0.1, 0.15) is 5.69 Å². The van der Waals surface area contributed by atoms with Crippen molar-refractivity contribution in [3.05, 3.63) is 69.5 Å². The molecule has 0 bridgehead atoms. The van der Waals surface area contributed by atoms with Crippen LogP contribution in [0.15, 0.2) is 47.1 Å². The van der Waals surface area contributed by atoms with Gasteiger partial charge in [0.05, 0.1) is 17.5 Å². The Morgan fingerprint density at radius 1 is 1.03 bits per heavy atom. The Bertz CT molecular complexity index is 1360. The maximum atomic E-state index is 14.2. The fourth-order valence-corrected chi connectivity index (χ4v) is 4.76. The predicted molar refractivity (Wildman–Crippen MR) is 156 cm³/mol.